The minimum absolute atomic E-state index is 0.147. The number of rotatable bonds is 6. The minimum atomic E-state index is -3.62. The van der Waals surface area contributed by atoms with Crippen LogP contribution in [0.15, 0.2) is 53.6 Å². The van der Waals surface area contributed by atoms with Crippen LogP contribution in [0.25, 0.3) is 0 Å². The van der Waals surface area contributed by atoms with E-state index in [4.69, 9.17) is 4.74 Å². The Bertz CT molecular complexity index is 781. The van der Waals surface area contributed by atoms with Crippen LogP contribution >= 0.6 is 0 Å². The van der Waals surface area contributed by atoms with Crippen LogP contribution < -0.4 is 14.4 Å². The molecular weight excluding hydrogens is 326 g/mol. The van der Waals surface area contributed by atoms with Crippen LogP contribution in [-0.4, -0.2) is 39.1 Å². The number of aromatic nitrogens is 1. The van der Waals surface area contributed by atoms with Crippen LogP contribution in [0.2, 0.25) is 0 Å². The van der Waals surface area contributed by atoms with E-state index in [2.05, 4.69) is 14.6 Å². The SMILES string of the molecule is CCOc1ccccc1S(=O)(=O)NC1CCN(c2ccccn2)C1. The summed E-state index contributed by atoms with van der Waals surface area (Å²) in [6.07, 6.45) is 2.48. The molecule has 0 bridgehead atoms. The van der Waals surface area contributed by atoms with Gasteiger partial charge in [-0.15, -0.1) is 0 Å². The van der Waals surface area contributed by atoms with E-state index in [0.29, 0.717) is 18.9 Å². The van der Waals surface area contributed by atoms with Gasteiger partial charge in [-0.2, -0.15) is 0 Å². The third-order valence-electron chi connectivity index (χ3n) is 3.92. The van der Waals surface area contributed by atoms with Gasteiger partial charge in [0.2, 0.25) is 10.0 Å². The molecule has 2 heterocycles. The zero-order valence-electron chi connectivity index (χ0n) is 13.6. The molecule has 1 unspecified atom stereocenters. The van der Waals surface area contributed by atoms with Crippen molar-refractivity contribution in [3.05, 3.63) is 48.7 Å². The number of nitrogens with one attached hydrogen (secondary N) is 1. The molecule has 1 fully saturated rings. The molecule has 0 radical (unpaired) electrons. The third kappa shape index (κ3) is 3.68. The fraction of sp³-hybridized carbons (Fsp3) is 0.353. The highest BCUT2D eigenvalue weighted by Crippen LogP contribution is 2.25. The average molecular weight is 347 g/mol. The van der Waals surface area contributed by atoms with Crippen LogP contribution in [0.3, 0.4) is 0 Å². The Labute approximate surface area is 142 Å². The Morgan fingerprint density at radius 3 is 2.79 bits per heavy atom. The quantitative estimate of drug-likeness (QED) is 0.866. The lowest BCUT2D eigenvalue weighted by Gasteiger charge is -2.18. The molecule has 0 saturated carbocycles. The summed E-state index contributed by atoms with van der Waals surface area (Å²) in [6, 6.07) is 12.3. The summed E-state index contributed by atoms with van der Waals surface area (Å²) in [5, 5.41) is 0. The van der Waals surface area contributed by atoms with E-state index >= 15 is 0 Å². The first-order valence-electron chi connectivity index (χ1n) is 8.00. The molecule has 1 saturated heterocycles. The van der Waals surface area contributed by atoms with Crippen LogP contribution in [0, 0.1) is 0 Å². The van der Waals surface area contributed by atoms with Crippen LogP contribution in [0.1, 0.15) is 13.3 Å². The minimum Gasteiger partial charge on any atom is -0.492 e. The van der Waals surface area contributed by atoms with Crippen LogP contribution in [-0.2, 0) is 10.0 Å². The van der Waals surface area contributed by atoms with Gasteiger partial charge in [0.05, 0.1) is 6.61 Å². The van der Waals surface area contributed by atoms with E-state index in [9.17, 15) is 8.42 Å². The van der Waals surface area contributed by atoms with Crippen molar-refractivity contribution in [2.24, 2.45) is 0 Å². The number of hydrogen-bond acceptors (Lipinski definition) is 5. The fourth-order valence-electron chi connectivity index (χ4n) is 2.84. The fourth-order valence-corrected chi connectivity index (χ4v) is 4.24. The van der Waals surface area contributed by atoms with Crippen molar-refractivity contribution in [3.8, 4) is 5.75 Å². The Kier molecular flexibility index (Phi) is 5.01. The number of pyridine rings is 1. The zero-order valence-corrected chi connectivity index (χ0v) is 14.4. The first-order valence-corrected chi connectivity index (χ1v) is 9.48. The van der Waals surface area contributed by atoms with E-state index in [-0.39, 0.29) is 10.9 Å². The maximum Gasteiger partial charge on any atom is 0.244 e. The van der Waals surface area contributed by atoms with E-state index in [0.717, 1.165) is 18.8 Å². The monoisotopic (exact) mass is 347 g/mol. The molecule has 2 aromatic rings. The molecule has 3 rings (SSSR count). The number of nitrogens with zero attached hydrogens (tertiary/aromatic N) is 2. The van der Waals surface area contributed by atoms with E-state index in [1.54, 1.807) is 30.5 Å². The smallest absolute Gasteiger partial charge is 0.244 e. The number of ether oxygens (including phenoxy) is 1. The lowest BCUT2D eigenvalue weighted by Crippen LogP contribution is -2.37. The van der Waals surface area contributed by atoms with Gasteiger partial charge in [-0.25, -0.2) is 18.1 Å². The number of anilines is 1. The summed E-state index contributed by atoms with van der Waals surface area (Å²) >= 11 is 0. The molecule has 24 heavy (non-hydrogen) atoms. The second-order valence-electron chi connectivity index (χ2n) is 5.62. The number of para-hydroxylation sites is 1. The van der Waals surface area contributed by atoms with Crippen molar-refractivity contribution in [1.82, 2.24) is 9.71 Å². The second kappa shape index (κ2) is 7.19. The Morgan fingerprint density at radius 2 is 2.04 bits per heavy atom. The molecule has 128 valence electrons. The topological polar surface area (TPSA) is 71.5 Å². The van der Waals surface area contributed by atoms with Gasteiger partial charge < -0.3 is 9.64 Å². The van der Waals surface area contributed by atoms with Crippen molar-refractivity contribution in [3.63, 3.8) is 0 Å². The normalized spacial score (nSPS) is 17.9. The highest BCUT2D eigenvalue weighted by Gasteiger charge is 2.29. The number of hydrogen-bond donors (Lipinski definition) is 1. The predicted octanol–water partition coefficient (Wildman–Crippen LogP) is 2.04. The number of sulfonamides is 1. The number of benzene rings is 1. The van der Waals surface area contributed by atoms with Crippen molar-refractivity contribution in [2.45, 2.75) is 24.3 Å². The predicted molar refractivity (Wildman–Crippen MR) is 92.8 cm³/mol. The zero-order chi connectivity index (χ0) is 17.0. The van der Waals surface area contributed by atoms with Gasteiger partial charge in [-0.1, -0.05) is 18.2 Å². The summed E-state index contributed by atoms with van der Waals surface area (Å²) < 4.78 is 33.6. The van der Waals surface area contributed by atoms with Gasteiger partial charge >= 0.3 is 0 Å². The van der Waals surface area contributed by atoms with Crippen LogP contribution in [0.4, 0.5) is 5.82 Å². The molecule has 0 aliphatic carbocycles. The van der Waals surface area contributed by atoms with Crippen molar-refractivity contribution in [1.29, 1.82) is 0 Å². The Morgan fingerprint density at radius 1 is 1.25 bits per heavy atom. The molecule has 1 aromatic heterocycles. The summed E-state index contributed by atoms with van der Waals surface area (Å²) in [6.45, 7) is 3.63. The van der Waals surface area contributed by atoms with E-state index in [1.807, 2.05) is 25.1 Å². The molecule has 1 N–H and O–H groups in total. The van der Waals surface area contributed by atoms with Gasteiger partial charge in [0.1, 0.15) is 16.5 Å². The first-order chi connectivity index (χ1) is 11.6. The average Bonchev–Trinajstić information content (AvgIpc) is 3.04. The van der Waals surface area contributed by atoms with Gasteiger partial charge in [0.15, 0.2) is 0 Å². The lowest BCUT2D eigenvalue weighted by molar-refractivity contribution is 0.331. The molecule has 0 amide bonds. The summed E-state index contributed by atoms with van der Waals surface area (Å²) in [4.78, 5) is 6.59. The standard InChI is InChI=1S/C17H21N3O3S/c1-2-23-15-7-3-4-8-16(15)24(21,22)19-14-10-12-20(13-14)17-9-5-6-11-18-17/h3-9,11,14,19H,2,10,12-13H2,1H3. The van der Waals surface area contributed by atoms with Crippen molar-refractivity contribution < 1.29 is 13.2 Å². The van der Waals surface area contributed by atoms with Gasteiger partial charge in [-0.05, 0) is 37.6 Å². The third-order valence-corrected chi connectivity index (χ3v) is 5.48. The van der Waals surface area contributed by atoms with Gasteiger partial charge in [0.25, 0.3) is 0 Å². The van der Waals surface area contributed by atoms with Crippen molar-refractivity contribution in [2.75, 3.05) is 24.6 Å². The first kappa shape index (κ1) is 16.7. The molecule has 7 heteroatoms. The largest absolute Gasteiger partial charge is 0.492 e. The molecule has 1 aromatic carbocycles. The molecule has 1 aliphatic heterocycles. The summed E-state index contributed by atoms with van der Waals surface area (Å²) in [5.74, 6) is 1.25. The maximum atomic E-state index is 12.7. The highest BCUT2D eigenvalue weighted by molar-refractivity contribution is 7.89. The van der Waals surface area contributed by atoms with Gasteiger partial charge in [0, 0.05) is 25.3 Å². The molecule has 1 aliphatic rings. The van der Waals surface area contributed by atoms with E-state index in [1.165, 1.54) is 0 Å². The second-order valence-corrected chi connectivity index (χ2v) is 7.30. The molecular formula is C17H21N3O3S. The van der Waals surface area contributed by atoms with Gasteiger partial charge in [-0.3, -0.25) is 0 Å². The summed E-state index contributed by atoms with van der Waals surface area (Å²) in [5.41, 5.74) is 0. The molecule has 6 nitrogen and oxygen atoms in total. The Hall–Kier alpha value is -2.12. The Balaban J connectivity index is 1.72. The lowest BCUT2D eigenvalue weighted by atomic mass is 10.3. The highest BCUT2D eigenvalue weighted by atomic mass is 32.2. The van der Waals surface area contributed by atoms with Crippen molar-refractivity contribution >= 4 is 15.8 Å². The van der Waals surface area contributed by atoms with E-state index < -0.39 is 10.0 Å². The molecule has 1 atom stereocenters. The maximum absolute atomic E-state index is 12.7. The summed E-state index contributed by atoms with van der Waals surface area (Å²) in [7, 11) is -3.62. The molecule has 0 spiro atoms. The van der Waals surface area contributed by atoms with Crippen LogP contribution in [0.5, 0.6) is 5.75 Å².